The number of rotatable bonds is 3. The topological polar surface area (TPSA) is 63.6 Å². The summed E-state index contributed by atoms with van der Waals surface area (Å²) in [6, 6.07) is 5.33. The molecule has 5 nitrogen and oxygen atoms in total. The van der Waals surface area contributed by atoms with Crippen molar-refractivity contribution in [2.75, 3.05) is 13.1 Å². The third-order valence-corrected chi connectivity index (χ3v) is 4.57. The van der Waals surface area contributed by atoms with Crippen LogP contribution in [0.3, 0.4) is 0 Å². The molecule has 2 N–H and O–H groups in total. The fourth-order valence-corrected chi connectivity index (χ4v) is 3.26. The molecule has 3 heterocycles. The van der Waals surface area contributed by atoms with Crippen molar-refractivity contribution < 1.29 is 0 Å². The van der Waals surface area contributed by atoms with E-state index < -0.39 is 0 Å². The van der Waals surface area contributed by atoms with Crippen LogP contribution in [0.15, 0.2) is 29.2 Å². The Balaban J connectivity index is 0.00000192. The predicted molar refractivity (Wildman–Crippen MR) is 95.4 cm³/mol. The number of likely N-dealkylation sites (tertiary alicyclic amines) is 1. The third-order valence-electron chi connectivity index (χ3n) is 4.35. The van der Waals surface area contributed by atoms with E-state index in [9.17, 15) is 4.79 Å². The van der Waals surface area contributed by atoms with Crippen LogP contribution in [0.5, 0.6) is 0 Å². The number of piperidine rings is 1. The van der Waals surface area contributed by atoms with Crippen LogP contribution in [0, 0.1) is 5.92 Å². The molecule has 1 aliphatic rings. The van der Waals surface area contributed by atoms with Crippen molar-refractivity contribution in [3.8, 4) is 0 Å². The minimum Gasteiger partial charge on any atom is -0.328 e. The van der Waals surface area contributed by atoms with E-state index in [1.54, 1.807) is 24.4 Å². The van der Waals surface area contributed by atoms with Crippen LogP contribution in [0.25, 0.3) is 5.65 Å². The van der Waals surface area contributed by atoms with Gasteiger partial charge in [0, 0.05) is 31.4 Å². The first kappa shape index (κ1) is 18.2. The third kappa shape index (κ3) is 4.23. The van der Waals surface area contributed by atoms with Gasteiger partial charge in [-0.3, -0.25) is 14.1 Å². The second kappa shape index (κ2) is 7.62. The maximum Gasteiger partial charge on any atom is 0.258 e. The van der Waals surface area contributed by atoms with Crippen molar-refractivity contribution in [2.24, 2.45) is 11.7 Å². The minimum absolute atomic E-state index is 0. The van der Waals surface area contributed by atoms with Gasteiger partial charge in [-0.15, -0.1) is 12.4 Å². The van der Waals surface area contributed by atoms with E-state index >= 15 is 0 Å². The lowest BCUT2D eigenvalue weighted by Crippen LogP contribution is -2.42. The van der Waals surface area contributed by atoms with E-state index in [1.807, 2.05) is 0 Å². The van der Waals surface area contributed by atoms with Crippen molar-refractivity contribution in [3.63, 3.8) is 0 Å². The van der Waals surface area contributed by atoms with Crippen molar-refractivity contribution in [2.45, 2.75) is 32.4 Å². The zero-order valence-electron chi connectivity index (χ0n) is 13.1. The Labute approximate surface area is 146 Å². The zero-order valence-corrected chi connectivity index (χ0v) is 14.7. The van der Waals surface area contributed by atoms with Gasteiger partial charge in [0.2, 0.25) is 0 Å². The first-order valence-electron chi connectivity index (χ1n) is 7.69. The van der Waals surface area contributed by atoms with E-state index in [0.717, 1.165) is 25.2 Å². The highest BCUT2D eigenvalue weighted by Crippen LogP contribution is 2.20. The molecule has 0 saturated carbocycles. The molecule has 0 aromatic carbocycles. The van der Waals surface area contributed by atoms with Crippen molar-refractivity contribution >= 4 is 29.7 Å². The maximum absolute atomic E-state index is 12.2. The molecule has 2 aromatic rings. The molecule has 126 valence electrons. The van der Waals surface area contributed by atoms with E-state index in [1.165, 1.54) is 10.8 Å². The van der Waals surface area contributed by atoms with Crippen LogP contribution in [0.1, 0.15) is 25.5 Å². The number of pyridine rings is 1. The first-order chi connectivity index (χ1) is 10.5. The predicted octanol–water partition coefficient (Wildman–Crippen LogP) is 2.33. The van der Waals surface area contributed by atoms with Crippen LogP contribution >= 0.6 is 24.0 Å². The van der Waals surface area contributed by atoms with E-state index in [4.69, 9.17) is 17.3 Å². The molecule has 0 amide bonds. The van der Waals surface area contributed by atoms with Crippen LogP contribution in [0.4, 0.5) is 0 Å². The minimum atomic E-state index is -0.0942. The number of halogens is 2. The number of nitrogens with zero attached hydrogens (tertiary/aromatic N) is 3. The average molecular weight is 357 g/mol. The van der Waals surface area contributed by atoms with Crippen LogP contribution < -0.4 is 11.3 Å². The van der Waals surface area contributed by atoms with Crippen molar-refractivity contribution in [1.82, 2.24) is 14.3 Å². The van der Waals surface area contributed by atoms with Gasteiger partial charge < -0.3 is 5.73 Å². The van der Waals surface area contributed by atoms with Crippen LogP contribution in [0.2, 0.25) is 5.02 Å². The molecule has 0 bridgehead atoms. The van der Waals surface area contributed by atoms with Crippen molar-refractivity contribution in [3.05, 3.63) is 45.5 Å². The summed E-state index contributed by atoms with van der Waals surface area (Å²) in [5.41, 5.74) is 7.37. The SMILES string of the molecule is CC(N)C1CCCN(Cc2cc(=O)n3cc(Cl)ccc3n2)C1.Cl. The molecule has 3 rings (SSSR count). The number of hydrogen-bond acceptors (Lipinski definition) is 4. The number of aromatic nitrogens is 2. The summed E-state index contributed by atoms with van der Waals surface area (Å²) < 4.78 is 1.48. The van der Waals surface area contributed by atoms with E-state index in [2.05, 4.69) is 16.8 Å². The fraction of sp³-hybridized carbons (Fsp3) is 0.500. The van der Waals surface area contributed by atoms with Gasteiger partial charge in [0.25, 0.3) is 5.56 Å². The lowest BCUT2D eigenvalue weighted by molar-refractivity contribution is 0.153. The molecule has 1 saturated heterocycles. The van der Waals surface area contributed by atoms with Gasteiger partial charge in [-0.05, 0) is 44.4 Å². The smallest absolute Gasteiger partial charge is 0.258 e. The normalized spacial score (nSPS) is 20.2. The number of nitrogens with two attached hydrogens (primary N) is 1. The van der Waals surface area contributed by atoms with Gasteiger partial charge in [0.1, 0.15) is 5.65 Å². The molecule has 0 aliphatic carbocycles. The second-order valence-corrected chi connectivity index (χ2v) is 6.59. The molecule has 2 atom stereocenters. The monoisotopic (exact) mass is 356 g/mol. The van der Waals surface area contributed by atoms with Gasteiger partial charge in [-0.1, -0.05) is 11.6 Å². The van der Waals surface area contributed by atoms with Crippen LogP contribution in [-0.4, -0.2) is 33.4 Å². The van der Waals surface area contributed by atoms with E-state index in [-0.39, 0.29) is 24.0 Å². The summed E-state index contributed by atoms with van der Waals surface area (Å²) >= 11 is 5.92. The fourth-order valence-electron chi connectivity index (χ4n) is 3.10. The Morgan fingerprint density at radius 3 is 3.00 bits per heavy atom. The van der Waals surface area contributed by atoms with Gasteiger partial charge in [0.15, 0.2) is 0 Å². The van der Waals surface area contributed by atoms with Gasteiger partial charge in [0.05, 0.1) is 10.7 Å². The molecular weight excluding hydrogens is 335 g/mol. The quantitative estimate of drug-likeness (QED) is 0.916. The molecule has 23 heavy (non-hydrogen) atoms. The summed E-state index contributed by atoms with van der Waals surface area (Å²) in [6.07, 6.45) is 3.93. The van der Waals surface area contributed by atoms with Crippen LogP contribution in [-0.2, 0) is 6.54 Å². The largest absolute Gasteiger partial charge is 0.328 e. The molecule has 7 heteroatoms. The maximum atomic E-state index is 12.2. The Morgan fingerprint density at radius 1 is 1.48 bits per heavy atom. The van der Waals surface area contributed by atoms with Gasteiger partial charge in [-0.2, -0.15) is 0 Å². The first-order valence-corrected chi connectivity index (χ1v) is 8.06. The zero-order chi connectivity index (χ0) is 15.7. The van der Waals surface area contributed by atoms with Crippen molar-refractivity contribution in [1.29, 1.82) is 0 Å². The number of hydrogen-bond donors (Lipinski definition) is 1. The summed E-state index contributed by atoms with van der Waals surface area (Å²) in [5, 5.41) is 0.528. The Morgan fingerprint density at radius 2 is 2.26 bits per heavy atom. The molecule has 1 aliphatic heterocycles. The summed E-state index contributed by atoms with van der Waals surface area (Å²) in [6.45, 7) is 4.76. The molecule has 2 unspecified atom stereocenters. The van der Waals surface area contributed by atoms with Gasteiger partial charge in [-0.25, -0.2) is 4.98 Å². The average Bonchev–Trinajstić information content (AvgIpc) is 2.48. The standard InChI is InChI=1S/C16H21ClN4O.ClH/c1-11(18)12-3-2-6-20(8-12)10-14-7-16(22)21-9-13(17)4-5-15(21)19-14;/h4-5,7,9,11-12H,2-3,6,8,10,18H2,1H3;1H. The molecule has 2 aromatic heterocycles. The Bertz CT molecular complexity index is 732. The lowest BCUT2D eigenvalue weighted by atomic mass is 9.92. The highest BCUT2D eigenvalue weighted by molar-refractivity contribution is 6.30. The molecule has 1 fully saturated rings. The summed E-state index contributed by atoms with van der Waals surface area (Å²) in [4.78, 5) is 19.1. The lowest BCUT2D eigenvalue weighted by Gasteiger charge is -2.34. The summed E-state index contributed by atoms with van der Waals surface area (Å²) in [7, 11) is 0. The Hall–Kier alpha value is -1.14. The summed E-state index contributed by atoms with van der Waals surface area (Å²) in [5.74, 6) is 0.522. The molecular formula is C16H22Cl2N4O. The van der Waals surface area contributed by atoms with E-state index in [0.29, 0.717) is 23.1 Å². The Kier molecular flexibility index (Phi) is 6.03. The highest BCUT2D eigenvalue weighted by Gasteiger charge is 2.23. The molecule has 0 spiro atoms. The highest BCUT2D eigenvalue weighted by atomic mass is 35.5. The number of fused-ring (bicyclic) bond motifs is 1. The van der Waals surface area contributed by atoms with Gasteiger partial charge >= 0.3 is 0 Å². The molecule has 0 radical (unpaired) electrons. The second-order valence-electron chi connectivity index (χ2n) is 6.16.